The number of hydrogen-bond acceptors (Lipinski definition) is 4. The van der Waals surface area contributed by atoms with Gasteiger partial charge >= 0.3 is 0 Å². The smallest absolute Gasteiger partial charge is 0.213 e. The molecule has 0 spiro atoms. The average molecular weight is 287 g/mol. The highest BCUT2D eigenvalue weighted by Gasteiger charge is 2.17. The molecule has 7 heteroatoms. The normalized spacial score (nSPS) is 20.5. The molecule has 5 nitrogen and oxygen atoms in total. The molecule has 1 atom stereocenters. The lowest BCUT2D eigenvalue weighted by Gasteiger charge is -2.11. The van der Waals surface area contributed by atoms with Crippen molar-refractivity contribution in [3.05, 3.63) is 0 Å². The lowest BCUT2D eigenvalue weighted by Crippen LogP contribution is -2.33. The molecule has 0 saturated carbocycles. The van der Waals surface area contributed by atoms with Crippen LogP contribution in [0.2, 0.25) is 0 Å². The van der Waals surface area contributed by atoms with Gasteiger partial charge in [0.2, 0.25) is 10.0 Å². The van der Waals surface area contributed by atoms with Gasteiger partial charge in [0, 0.05) is 6.54 Å². The first kappa shape index (κ1) is 17.1. The summed E-state index contributed by atoms with van der Waals surface area (Å²) < 4.78 is 31.0. The highest BCUT2D eigenvalue weighted by molar-refractivity contribution is 7.89. The van der Waals surface area contributed by atoms with Crippen LogP contribution in [0.15, 0.2) is 0 Å². The number of hydrogen-bond donors (Lipinski definition) is 2. The molecule has 0 aromatic heterocycles. The van der Waals surface area contributed by atoms with E-state index in [9.17, 15) is 8.42 Å². The third-order valence-electron chi connectivity index (χ3n) is 2.56. The molecule has 1 aliphatic rings. The molecule has 0 amide bonds. The molecular formula is C10H23ClN2O3S. The van der Waals surface area contributed by atoms with E-state index in [1.807, 2.05) is 13.8 Å². The number of halogens is 1. The maximum absolute atomic E-state index is 11.6. The van der Waals surface area contributed by atoms with Crippen LogP contribution in [0.1, 0.15) is 20.3 Å². The van der Waals surface area contributed by atoms with Gasteiger partial charge in [-0.25, -0.2) is 13.1 Å². The molecule has 0 aromatic rings. The van der Waals surface area contributed by atoms with Crippen molar-refractivity contribution in [2.45, 2.75) is 26.4 Å². The zero-order valence-corrected chi connectivity index (χ0v) is 12.1. The second kappa shape index (κ2) is 8.26. The van der Waals surface area contributed by atoms with E-state index in [2.05, 4.69) is 10.0 Å². The molecule has 0 aliphatic carbocycles. The Morgan fingerprint density at radius 3 is 2.71 bits per heavy atom. The fourth-order valence-corrected chi connectivity index (χ4v) is 2.55. The Hall–Kier alpha value is 0.120. The van der Waals surface area contributed by atoms with Gasteiger partial charge in [0.15, 0.2) is 0 Å². The summed E-state index contributed by atoms with van der Waals surface area (Å²) in [6.45, 7) is 6.48. The zero-order valence-electron chi connectivity index (χ0n) is 10.4. The summed E-state index contributed by atoms with van der Waals surface area (Å²) in [6, 6.07) is 0. The van der Waals surface area contributed by atoms with E-state index >= 15 is 0 Å². The summed E-state index contributed by atoms with van der Waals surface area (Å²) in [6.07, 6.45) is 1.12. The Morgan fingerprint density at radius 1 is 1.47 bits per heavy atom. The summed E-state index contributed by atoms with van der Waals surface area (Å²) >= 11 is 0. The van der Waals surface area contributed by atoms with E-state index in [-0.39, 0.29) is 30.9 Å². The Morgan fingerprint density at radius 2 is 2.18 bits per heavy atom. The van der Waals surface area contributed by atoms with Crippen LogP contribution in [0, 0.1) is 5.92 Å². The van der Waals surface area contributed by atoms with Gasteiger partial charge in [0.05, 0.1) is 18.5 Å². The summed E-state index contributed by atoms with van der Waals surface area (Å²) in [5.74, 6) is 0.478. The SMILES string of the molecule is CC(C)OCCS(=O)(=O)NCC1CCNC1.Cl. The molecule has 1 rings (SSSR count). The Kier molecular flexibility index (Phi) is 8.32. The van der Waals surface area contributed by atoms with Crippen LogP contribution in [0.4, 0.5) is 0 Å². The van der Waals surface area contributed by atoms with Crippen molar-refractivity contribution in [2.75, 3.05) is 32.0 Å². The third-order valence-corrected chi connectivity index (χ3v) is 3.87. The molecule has 2 N–H and O–H groups in total. The van der Waals surface area contributed by atoms with Crippen molar-refractivity contribution in [2.24, 2.45) is 5.92 Å². The van der Waals surface area contributed by atoms with E-state index in [1.54, 1.807) is 0 Å². The minimum atomic E-state index is -3.17. The molecule has 0 bridgehead atoms. The predicted octanol–water partition coefficient (Wildman–Crippen LogP) is 0.362. The van der Waals surface area contributed by atoms with Gasteiger partial charge in [-0.1, -0.05) is 0 Å². The molecule has 1 saturated heterocycles. The molecule has 104 valence electrons. The Balaban J connectivity index is 0.00000256. The fraction of sp³-hybridized carbons (Fsp3) is 1.00. The second-order valence-electron chi connectivity index (χ2n) is 4.45. The van der Waals surface area contributed by atoms with Crippen LogP contribution in [0.5, 0.6) is 0 Å². The minimum absolute atomic E-state index is 0. The Bertz CT molecular complexity index is 290. The van der Waals surface area contributed by atoms with Crippen LogP contribution in [0.25, 0.3) is 0 Å². The van der Waals surface area contributed by atoms with Gasteiger partial charge in [0.25, 0.3) is 0 Å². The van der Waals surface area contributed by atoms with Gasteiger partial charge in [-0.15, -0.1) is 12.4 Å². The molecule has 1 fully saturated rings. The fourth-order valence-electron chi connectivity index (χ4n) is 1.60. The lowest BCUT2D eigenvalue weighted by molar-refractivity contribution is 0.0911. The molecule has 17 heavy (non-hydrogen) atoms. The molecule has 1 heterocycles. The third kappa shape index (κ3) is 7.94. The summed E-state index contributed by atoms with van der Waals surface area (Å²) in [7, 11) is -3.17. The van der Waals surface area contributed by atoms with Gasteiger partial charge in [-0.2, -0.15) is 0 Å². The molecule has 1 unspecified atom stereocenters. The van der Waals surface area contributed by atoms with Gasteiger partial charge < -0.3 is 10.1 Å². The molecule has 1 aliphatic heterocycles. The highest BCUT2D eigenvalue weighted by atomic mass is 35.5. The van der Waals surface area contributed by atoms with E-state index in [1.165, 1.54) is 0 Å². The Labute approximate surface area is 110 Å². The van der Waals surface area contributed by atoms with Crippen LogP contribution in [0.3, 0.4) is 0 Å². The van der Waals surface area contributed by atoms with Crippen LogP contribution in [-0.4, -0.2) is 46.5 Å². The highest BCUT2D eigenvalue weighted by Crippen LogP contribution is 2.05. The number of ether oxygens (including phenoxy) is 1. The van der Waals surface area contributed by atoms with Crippen LogP contribution in [-0.2, 0) is 14.8 Å². The summed E-state index contributed by atoms with van der Waals surface area (Å²) in [4.78, 5) is 0. The molecular weight excluding hydrogens is 264 g/mol. The standard InChI is InChI=1S/C10H22N2O3S.ClH/c1-9(2)15-5-6-16(13,14)12-8-10-3-4-11-7-10;/h9-12H,3-8H2,1-2H3;1H. The van der Waals surface area contributed by atoms with Crippen molar-refractivity contribution >= 4 is 22.4 Å². The number of rotatable bonds is 7. The maximum Gasteiger partial charge on any atom is 0.213 e. The number of nitrogens with one attached hydrogen (secondary N) is 2. The average Bonchev–Trinajstić information content (AvgIpc) is 2.66. The number of sulfonamides is 1. The minimum Gasteiger partial charge on any atom is -0.378 e. The first-order valence-electron chi connectivity index (χ1n) is 5.79. The molecule has 0 aromatic carbocycles. The van der Waals surface area contributed by atoms with Gasteiger partial charge in [-0.3, -0.25) is 0 Å². The zero-order chi connectivity index (χ0) is 12.0. The monoisotopic (exact) mass is 286 g/mol. The van der Waals surface area contributed by atoms with Crippen LogP contribution < -0.4 is 10.0 Å². The summed E-state index contributed by atoms with van der Waals surface area (Å²) in [5.41, 5.74) is 0. The van der Waals surface area contributed by atoms with Crippen molar-refractivity contribution in [1.82, 2.24) is 10.0 Å². The lowest BCUT2D eigenvalue weighted by atomic mass is 10.1. The van der Waals surface area contributed by atoms with Gasteiger partial charge in [-0.05, 0) is 39.3 Å². The van der Waals surface area contributed by atoms with E-state index in [0.717, 1.165) is 19.5 Å². The van der Waals surface area contributed by atoms with Crippen molar-refractivity contribution in [3.63, 3.8) is 0 Å². The first-order valence-corrected chi connectivity index (χ1v) is 7.44. The maximum atomic E-state index is 11.6. The first-order chi connectivity index (χ1) is 7.49. The van der Waals surface area contributed by atoms with Crippen molar-refractivity contribution < 1.29 is 13.2 Å². The van der Waals surface area contributed by atoms with Crippen molar-refractivity contribution in [3.8, 4) is 0 Å². The summed E-state index contributed by atoms with van der Waals surface area (Å²) in [5, 5.41) is 3.21. The van der Waals surface area contributed by atoms with E-state index < -0.39 is 10.0 Å². The largest absolute Gasteiger partial charge is 0.378 e. The van der Waals surface area contributed by atoms with Crippen molar-refractivity contribution in [1.29, 1.82) is 0 Å². The quantitative estimate of drug-likeness (QED) is 0.709. The topological polar surface area (TPSA) is 67.4 Å². The van der Waals surface area contributed by atoms with Crippen LogP contribution >= 0.6 is 12.4 Å². The van der Waals surface area contributed by atoms with Gasteiger partial charge in [0.1, 0.15) is 0 Å². The predicted molar refractivity (Wildman–Crippen MR) is 71.1 cm³/mol. The van der Waals surface area contributed by atoms with E-state index in [0.29, 0.717) is 12.5 Å². The molecule has 0 radical (unpaired) electrons. The van der Waals surface area contributed by atoms with E-state index in [4.69, 9.17) is 4.74 Å². The second-order valence-corrected chi connectivity index (χ2v) is 6.37.